The number of allylic oxidation sites excluding steroid dienone is 2. The molecule has 0 aromatic rings. The van der Waals surface area contributed by atoms with Gasteiger partial charge in [0, 0.05) is 25.8 Å². The Kier molecular flexibility index (Phi) is 6.82. The van der Waals surface area contributed by atoms with Crippen molar-refractivity contribution in [2.75, 3.05) is 19.6 Å². The van der Waals surface area contributed by atoms with Crippen LogP contribution in [0.1, 0.15) is 32.6 Å². The van der Waals surface area contributed by atoms with E-state index in [1.54, 1.807) is 6.08 Å². The number of hydrogen-bond donors (Lipinski definition) is 1. The lowest BCUT2D eigenvalue weighted by molar-refractivity contribution is 0.0868. The van der Waals surface area contributed by atoms with Crippen molar-refractivity contribution < 1.29 is 5.11 Å². The summed E-state index contributed by atoms with van der Waals surface area (Å²) in [6.45, 7) is 8.65. The van der Waals surface area contributed by atoms with Gasteiger partial charge in [0.1, 0.15) is 0 Å². The standard InChI is InChI=1S/C14H24N2O/c1-3-5-9-15-13(6-4-2)12-16-10-7-14(17)8-11-16/h4,6,9,14,17H,2-3,5,7-8,10-12H2,1H3/b13-6-,15-9-. The minimum Gasteiger partial charge on any atom is -0.393 e. The summed E-state index contributed by atoms with van der Waals surface area (Å²) < 4.78 is 0. The van der Waals surface area contributed by atoms with Crippen molar-refractivity contribution in [2.45, 2.75) is 38.7 Å². The first-order valence-electron chi connectivity index (χ1n) is 6.50. The van der Waals surface area contributed by atoms with Crippen LogP contribution in [0.4, 0.5) is 0 Å². The third-order valence-electron chi connectivity index (χ3n) is 2.93. The molecule has 1 rings (SSSR count). The molecular formula is C14H24N2O. The van der Waals surface area contributed by atoms with Crippen LogP contribution in [0, 0.1) is 0 Å². The third-order valence-corrected chi connectivity index (χ3v) is 2.93. The quantitative estimate of drug-likeness (QED) is 0.568. The first-order valence-corrected chi connectivity index (χ1v) is 6.50. The van der Waals surface area contributed by atoms with Crippen LogP contribution in [0.15, 0.2) is 29.4 Å². The van der Waals surface area contributed by atoms with Crippen LogP contribution in [0.3, 0.4) is 0 Å². The number of hydrogen-bond acceptors (Lipinski definition) is 3. The van der Waals surface area contributed by atoms with Crippen LogP contribution in [0.2, 0.25) is 0 Å². The van der Waals surface area contributed by atoms with E-state index in [2.05, 4.69) is 23.4 Å². The Morgan fingerprint density at radius 3 is 2.76 bits per heavy atom. The third kappa shape index (κ3) is 5.80. The van der Waals surface area contributed by atoms with Gasteiger partial charge < -0.3 is 5.11 Å². The van der Waals surface area contributed by atoms with Gasteiger partial charge in [0.15, 0.2) is 0 Å². The molecule has 0 aromatic heterocycles. The van der Waals surface area contributed by atoms with E-state index in [4.69, 9.17) is 0 Å². The van der Waals surface area contributed by atoms with E-state index < -0.39 is 0 Å². The molecule has 0 unspecified atom stereocenters. The molecule has 3 heteroatoms. The molecule has 1 N–H and O–H groups in total. The number of unbranched alkanes of at least 4 members (excludes halogenated alkanes) is 1. The van der Waals surface area contributed by atoms with Crippen molar-refractivity contribution in [1.29, 1.82) is 0 Å². The lowest BCUT2D eigenvalue weighted by Gasteiger charge is -2.29. The Morgan fingerprint density at radius 2 is 2.18 bits per heavy atom. The second kappa shape index (κ2) is 8.20. The maximum atomic E-state index is 9.45. The fourth-order valence-electron chi connectivity index (χ4n) is 1.89. The van der Waals surface area contributed by atoms with E-state index in [1.165, 1.54) is 0 Å². The van der Waals surface area contributed by atoms with Crippen LogP contribution in [0.5, 0.6) is 0 Å². The normalized spacial score (nSPS) is 20.0. The molecule has 1 saturated heterocycles. The number of aliphatic hydroxyl groups is 1. The summed E-state index contributed by atoms with van der Waals surface area (Å²) in [5.41, 5.74) is 1.06. The highest BCUT2D eigenvalue weighted by atomic mass is 16.3. The van der Waals surface area contributed by atoms with Gasteiger partial charge in [-0.25, -0.2) is 0 Å². The van der Waals surface area contributed by atoms with E-state index >= 15 is 0 Å². The molecule has 1 aliphatic heterocycles. The highest BCUT2D eigenvalue weighted by Crippen LogP contribution is 2.12. The number of piperidine rings is 1. The molecule has 1 heterocycles. The first-order chi connectivity index (χ1) is 8.26. The monoisotopic (exact) mass is 236 g/mol. The van der Waals surface area contributed by atoms with Gasteiger partial charge in [0.05, 0.1) is 11.8 Å². The number of likely N-dealkylation sites (tertiary alicyclic amines) is 1. The predicted octanol–water partition coefficient (Wildman–Crippen LogP) is 2.38. The molecule has 0 aromatic carbocycles. The molecule has 0 spiro atoms. The molecule has 17 heavy (non-hydrogen) atoms. The summed E-state index contributed by atoms with van der Waals surface area (Å²) in [5.74, 6) is 0. The fraction of sp³-hybridized carbons (Fsp3) is 0.643. The van der Waals surface area contributed by atoms with Gasteiger partial charge in [0.2, 0.25) is 0 Å². The van der Waals surface area contributed by atoms with Crippen LogP contribution in [0.25, 0.3) is 0 Å². The summed E-state index contributed by atoms with van der Waals surface area (Å²) in [7, 11) is 0. The molecule has 1 fully saturated rings. The minimum atomic E-state index is -0.110. The maximum absolute atomic E-state index is 9.45. The second-order valence-electron chi connectivity index (χ2n) is 4.50. The summed E-state index contributed by atoms with van der Waals surface area (Å²) in [4.78, 5) is 6.82. The smallest absolute Gasteiger partial charge is 0.0564 e. The number of rotatable bonds is 6. The molecule has 0 radical (unpaired) electrons. The number of aliphatic imine (C=N–C) groups is 1. The second-order valence-corrected chi connectivity index (χ2v) is 4.50. The van der Waals surface area contributed by atoms with E-state index in [9.17, 15) is 5.11 Å². The van der Waals surface area contributed by atoms with Gasteiger partial charge in [-0.2, -0.15) is 0 Å². The van der Waals surface area contributed by atoms with Gasteiger partial charge in [-0.15, -0.1) is 0 Å². The van der Waals surface area contributed by atoms with Crippen LogP contribution < -0.4 is 0 Å². The molecule has 3 nitrogen and oxygen atoms in total. The molecule has 96 valence electrons. The van der Waals surface area contributed by atoms with Crippen LogP contribution in [-0.2, 0) is 0 Å². The van der Waals surface area contributed by atoms with Crippen molar-refractivity contribution >= 4 is 6.21 Å². The van der Waals surface area contributed by atoms with Crippen LogP contribution >= 0.6 is 0 Å². The van der Waals surface area contributed by atoms with Crippen molar-refractivity contribution in [1.82, 2.24) is 4.90 Å². The summed E-state index contributed by atoms with van der Waals surface area (Å²) >= 11 is 0. The van der Waals surface area contributed by atoms with Gasteiger partial charge in [-0.1, -0.05) is 26.0 Å². The van der Waals surface area contributed by atoms with Gasteiger partial charge >= 0.3 is 0 Å². The topological polar surface area (TPSA) is 35.8 Å². The van der Waals surface area contributed by atoms with Crippen molar-refractivity contribution in [3.05, 3.63) is 24.4 Å². The molecule has 0 bridgehead atoms. The lowest BCUT2D eigenvalue weighted by atomic mass is 10.1. The molecule has 0 amide bonds. The zero-order chi connectivity index (χ0) is 12.5. The highest BCUT2D eigenvalue weighted by Gasteiger charge is 2.17. The van der Waals surface area contributed by atoms with Crippen molar-refractivity contribution in [3.8, 4) is 0 Å². The van der Waals surface area contributed by atoms with E-state index in [-0.39, 0.29) is 6.10 Å². The molecule has 0 atom stereocenters. The minimum absolute atomic E-state index is 0.110. The predicted molar refractivity (Wildman–Crippen MR) is 73.4 cm³/mol. The largest absolute Gasteiger partial charge is 0.393 e. The SMILES string of the molecule is C=C/C=C(CN1CCC(O)CC1)\N=C/CCC. The van der Waals surface area contributed by atoms with Gasteiger partial charge in [-0.05, 0) is 25.3 Å². The maximum Gasteiger partial charge on any atom is 0.0564 e. The Bertz CT molecular complexity index is 276. The van der Waals surface area contributed by atoms with Gasteiger partial charge in [0.25, 0.3) is 0 Å². The fourth-order valence-corrected chi connectivity index (χ4v) is 1.89. The average molecular weight is 236 g/mol. The van der Waals surface area contributed by atoms with Crippen molar-refractivity contribution in [3.63, 3.8) is 0 Å². The molecule has 0 saturated carbocycles. The Balaban J connectivity index is 2.44. The van der Waals surface area contributed by atoms with E-state index in [1.807, 2.05) is 12.3 Å². The Labute approximate surface area is 105 Å². The highest BCUT2D eigenvalue weighted by molar-refractivity contribution is 5.58. The first kappa shape index (κ1) is 14.1. The van der Waals surface area contributed by atoms with Crippen LogP contribution in [-0.4, -0.2) is 42.0 Å². The zero-order valence-corrected chi connectivity index (χ0v) is 10.8. The van der Waals surface area contributed by atoms with Crippen molar-refractivity contribution in [2.24, 2.45) is 4.99 Å². The summed E-state index contributed by atoms with van der Waals surface area (Å²) in [5, 5.41) is 9.45. The number of nitrogens with zero attached hydrogens (tertiary/aromatic N) is 2. The molecule has 0 aliphatic carbocycles. The average Bonchev–Trinajstić information content (AvgIpc) is 2.32. The summed E-state index contributed by atoms with van der Waals surface area (Å²) in [6, 6.07) is 0. The molecular weight excluding hydrogens is 212 g/mol. The Morgan fingerprint density at radius 1 is 1.47 bits per heavy atom. The zero-order valence-electron chi connectivity index (χ0n) is 10.8. The van der Waals surface area contributed by atoms with E-state index in [0.717, 1.165) is 51.0 Å². The lowest BCUT2D eigenvalue weighted by Crippen LogP contribution is -2.36. The molecule has 1 aliphatic rings. The Hall–Kier alpha value is -0.930. The summed E-state index contributed by atoms with van der Waals surface area (Å²) in [6.07, 6.45) is 9.53. The van der Waals surface area contributed by atoms with Gasteiger partial charge in [-0.3, -0.25) is 9.89 Å². The number of aliphatic hydroxyl groups excluding tert-OH is 1. The van der Waals surface area contributed by atoms with E-state index in [0.29, 0.717) is 0 Å².